The van der Waals surface area contributed by atoms with E-state index in [2.05, 4.69) is 6.58 Å². The topological polar surface area (TPSA) is 26.3 Å². The molecule has 80 valence electrons. The predicted octanol–water partition coefficient (Wildman–Crippen LogP) is 3.50. The highest BCUT2D eigenvalue weighted by atomic mass is 35.5. The summed E-state index contributed by atoms with van der Waals surface area (Å²) >= 11 is 5.95. The highest BCUT2D eigenvalue weighted by molar-refractivity contribution is 6.32. The first-order chi connectivity index (χ1) is 7.02. The smallest absolute Gasteiger partial charge is 0.163 e. The second-order valence-corrected chi connectivity index (χ2v) is 3.83. The zero-order valence-electron chi connectivity index (χ0n) is 8.84. The molecule has 0 amide bonds. The number of para-hydroxylation sites is 1. The van der Waals surface area contributed by atoms with Gasteiger partial charge in [0.15, 0.2) is 5.78 Å². The molecule has 0 atom stereocenters. The molecule has 1 aromatic carbocycles. The number of carbonyl (C=O) groups excluding carboxylic acids is 1. The maximum Gasteiger partial charge on any atom is 0.163 e. The molecule has 0 bridgehead atoms. The molecule has 0 heterocycles. The molecule has 0 unspecified atom stereocenters. The van der Waals surface area contributed by atoms with Gasteiger partial charge in [-0.25, -0.2) is 0 Å². The van der Waals surface area contributed by atoms with E-state index in [0.29, 0.717) is 22.9 Å². The molecule has 1 aromatic rings. The lowest BCUT2D eigenvalue weighted by atomic mass is 10.1. The summed E-state index contributed by atoms with van der Waals surface area (Å²) in [6.45, 7) is 7.42. The number of hydrogen-bond acceptors (Lipinski definition) is 2. The van der Waals surface area contributed by atoms with Crippen molar-refractivity contribution in [2.45, 2.75) is 13.8 Å². The van der Waals surface area contributed by atoms with Gasteiger partial charge in [-0.2, -0.15) is 0 Å². The van der Waals surface area contributed by atoms with Crippen molar-refractivity contribution < 1.29 is 9.53 Å². The molecule has 0 radical (unpaired) electrons. The first-order valence-electron chi connectivity index (χ1n) is 4.59. The Morgan fingerprint density at radius 3 is 2.67 bits per heavy atom. The lowest BCUT2D eigenvalue weighted by molar-refractivity contribution is 0.101. The zero-order valence-corrected chi connectivity index (χ0v) is 9.60. The third kappa shape index (κ3) is 3.10. The Labute approximate surface area is 94.5 Å². The van der Waals surface area contributed by atoms with Crippen molar-refractivity contribution in [1.29, 1.82) is 0 Å². The van der Waals surface area contributed by atoms with Crippen LogP contribution in [0.15, 0.2) is 30.4 Å². The molecule has 0 fully saturated rings. The van der Waals surface area contributed by atoms with Crippen LogP contribution >= 0.6 is 11.6 Å². The standard InChI is InChI=1S/C12H13ClO2/c1-8(2)7-15-12-10(9(3)14)5-4-6-11(12)13/h4-6H,1,7H2,2-3H3. The molecule has 0 saturated heterocycles. The molecule has 3 heteroatoms. The van der Waals surface area contributed by atoms with Gasteiger partial charge in [-0.15, -0.1) is 0 Å². The predicted molar refractivity (Wildman–Crippen MR) is 61.8 cm³/mol. The van der Waals surface area contributed by atoms with Gasteiger partial charge < -0.3 is 4.74 Å². The van der Waals surface area contributed by atoms with Crippen molar-refractivity contribution >= 4 is 17.4 Å². The van der Waals surface area contributed by atoms with E-state index in [9.17, 15) is 4.79 Å². The fourth-order valence-electron chi connectivity index (χ4n) is 1.13. The van der Waals surface area contributed by atoms with Crippen LogP contribution in [0, 0.1) is 0 Å². The quantitative estimate of drug-likeness (QED) is 0.578. The minimum Gasteiger partial charge on any atom is -0.487 e. The maximum atomic E-state index is 11.3. The third-order valence-electron chi connectivity index (χ3n) is 1.81. The highest BCUT2D eigenvalue weighted by Crippen LogP contribution is 2.29. The Morgan fingerprint density at radius 2 is 2.13 bits per heavy atom. The van der Waals surface area contributed by atoms with E-state index in [1.807, 2.05) is 6.92 Å². The van der Waals surface area contributed by atoms with Crippen LogP contribution in [-0.2, 0) is 0 Å². The van der Waals surface area contributed by atoms with E-state index in [0.717, 1.165) is 5.57 Å². The Morgan fingerprint density at radius 1 is 1.47 bits per heavy atom. The number of rotatable bonds is 4. The molecule has 0 saturated carbocycles. The number of ether oxygens (including phenoxy) is 1. The summed E-state index contributed by atoms with van der Waals surface area (Å²) in [6, 6.07) is 5.12. The maximum absolute atomic E-state index is 11.3. The van der Waals surface area contributed by atoms with Crippen LogP contribution in [0.25, 0.3) is 0 Å². The lowest BCUT2D eigenvalue weighted by Gasteiger charge is -2.11. The van der Waals surface area contributed by atoms with E-state index in [1.54, 1.807) is 18.2 Å². The van der Waals surface area contributed by atoms with Gasteiger partial charge in [-0.05, 0) is 31.6 Å². The second-order valence-electron chi connectivity index (χ2n) is 3.42. The van der Waals surface area contributed by atoms with Gasteiger partial charge in [0, 0.05) is 0 Å². The van der Waals surface area contributed by atoms with E-state index in [1.165, 1.54) is 6.92 Å². The second kappa shape index (κ2) is 4.99. The largest absolute Gasteiger partial charge is 0.487 e. The first-order valence-corrected chi connectivity index (χ1v) is 4.96. The van der Waals surface area contributed by atoms with E-state index in [4.69, 9.17) is 16.3 Å². The van der Waals surface area contributed by atoms with Crippen LogP contribution in [0.4, 0.5) is 0 Å². The van der Waals surface area contributed by atoms with E-state index >= 15 is 0 Å². The molecular weight excluding hydrogens is 212 g/mol. The van der Waals surface area contributed by atoms with Gasteiger partial charge in [0.25, 0.3) is 0 Å². The molecule has 0 N–H and O–H groups in total. The summed E-state index contributed by atoms with van der Waals surface area (Å²) in [4.78, 5) is 11.3. The Balaban J connectivity index is 3.02. The van der Waals surface area contributed by atoms with Crippen LogP contribution in [0.1, 0.15) is 24.2 Å². The Bertz CT molecular complexity index is 397. The molecule has 15 heavy (non-hydrogen) atoms. The minimum absolute atomic E-state index is 0.0609. The number of Topliss-reactive ketones (excluding diaryl/α,β-unsaturated/α-hetero) is 1. The summed E-state index contributed by atoms with van der Waals surface area (Å²) in [6.07, 6.45) is 0. The van der Waals surface area contributed by atoms with Crippen molar-refractivity contribution in [2.24, 2.45) is 0 Å². The molecule has 2 nitrogen and oxygen atoms in total. The number of hydrogen-bond donors (Lipinski definition) is 0. The molecule has 0 spiro atoms. The summed E-state index contributed by atoms with van der Waals surface area (Å²) < 4.78 is 5.44. The van der Waals surface area contributed by atoms with Gasteiger partial charge in [0.1, 0.15) is 12.4 Å². The lowest BCUT2D eigenvalue weighted by Crippen LogP contribution is -2.03. The average molecular weight is 225 g/mol. The van der Waals surface area contributed by atoms with Crippen LogP contribution in [0.3, 0.4) is 0 Å². The normalized spacial score (nSPS) is 9.80. The molecule has 1 rings (SSSR count). The minimum atomic E-state index is -0.0609. The fraction of sp³-hybridized carbons (Fsp3) is 0.250. The van der Waals surface area contributed by atoms with Gasteiger partial charge in [0.2, 0.25) is 0 Å². The Hall–Kier alpha value is -1.28. The Kier molecular flexibility index (Phi) is 3.92. The number of benzene rings is 1. The molecule has 0 aromatic heterocycles. The van der Waals surface area contributed by atoms with Crippen molar-refractivity contribution in [2.75, 3.05) is 6.61 Å². The number of carbonyl (C=O) groups is 1. The molecule has 0 aliphatic heterocycles. The highest BCUT2D eigenvalue weighted by Gasteiger charge is 2.11. The first kappa shape index (κ1) is 11.8. The van der Waals surface area contributed by atoms with Crippen molar-refractivity contribution in [3.63, 3.8) is 0 Å². The summed E-state index contributed by atoms with van der Waals surface area (Å²) in [7, 11) is 0. The zero-order chi connectivity index (χ0) is 11.4. The van der Waals surface area contributed by atoms with Crippen LogP contribution in [0.5, 0.6) is 5.75 Å². The number of ketones is 1. The monoisotopic (exact) mass is 224 g/mol. The molecule has 0 aliphatic rings. The van der Waals surface area contributed by atoms with Crippen LogP contribution < -0.4 is 4.74 Å². The molecule has 0 aliphatic carbocycles. The average Bonchev–Trinajstić information content (AvgIpc) is 2.15. The summed E-state index contributed by atoms with van der Waals surface area (Å²) in [5.41, 5.74) is 1.38. The van der Waals surface area contributed by atoms with Crippen molar-refractivity contribution in [3.05, 3.63) is 40.9 Å². The van der Waals surface area contributed by atoms with Gasteiger partial charge in [-0.1, -0.05) is 24.2 Å². The van der Waals surface area contributed by atoms with E-state index < -0.39 is 0 Å². The SMILES string of the molecule is C=C(C)COc1c(Cl)cccc1C(C)=O. The van der Waals surface area contributed by atoms with Gasteiger partial charge >= 0.3 is 0 Å². The fourth-order valence-corrected chi connectivity index (χ4v) is 1.36. The van der Waals surface area contributed by atoms with Crippen LogP contribution in [0.2, 0.25) is 5.02 Å². The van der Waals surface area contributed by atoms with Crippen molar-refractivity contribution in [3.8, 4) is 5.75 Å². The number of halogens is 1. The van der Waals surface area contributed by atoms with Crippen LogP contribution in [-0.4, -0.2) is 12.4 Å². The molecular formula is C12H13ClO2. The summed E-state index contributed by atoms with van der Waals surface area (Å²) in [5, 5.41) is 0.448. The van der Waals surface area contributed by atoms with Gasteiger partial charge in [0.05, 0.1) is 10.6 Å². The van der Waals surface area contributed by atoms with E-state index in [-0.39, 0.29) is 5.78 Å². The third-order valence-corrected chi connectivity index (χ3v) is 2.11. The van der Waals surface area contributed by atoms with Gasteiger partial charge in [-0.3, -0.25) is 4.79 Å². The summed E-state index contributed by atoms with van der Waals surface area (Å²) in [5.74, 6) is 0.379. The van der Waals surface area contributed by atoms with Crippen molar-refractivity contribution in [1.82, 2.24) is 0 Å².